The van der Waals surface area contributed by atoms with Crippen molar-refractivity contribution >= 4 is 11.9 Å². The van der Waals surface area contributed by atoms with Crippen molar-refractivity contribution in [3.63, 3.8) is 0 Å². The van der Waals surface area contributed by atoms with Gasteiger partial charge >= 0.3 is 11.9 Å². The van der Waals surface area contributed by atoms with Gasteiger partial charge in [0, 0.05) is 31.1 Å². The number of carboxylic acid groups (broad SMARTS) is 1. The number of fused-ring (bicyclic) bond motifs is 2. The Hall–Kier alpha value is -3.18. The molecule has 0 spiro atoms. The molecule has 19 atom stereocenters. The van der Waals surface area contributed by atoms with E-state index in [9.17, 15) is 65.8 Å². The third kappa shape index (κ3) is 18.8. The lowest BCUT2D eigenvalue weighted by Gasteiger charge is -2.45. The zero-order chi connectivity index (χ0) is 48.4. The highest BCUT2D eigenvalue weighted by atomic mass is 16.7. The molecule has 3 heterocycles. The predicted octanol–water partition coefficient (Wildman–Crippen LogP) is 0.936. The Bertz CT molecular complexity index is 1620. The van der Waals surface area contributed by atoms with Gasteiger partial charge in [0.25, 0.3) is 0 Å². The van der Waals surface area contributed by atoms with Crippen LogP contribution >= 0.6 is 0 Å². The number of allylic oxidation sites excluding steroid dienone is 10. The molecule has 3 rings (SSSR count). The molecule has 0 aromatic carbocycles. The van der Waals surface area contributed by atoms with E-state index in [1.807, 2.05) is 49.5 Å². The van der Waals surface area contributed by atoms with E-state index in [2.05, 4.69) is 0 Å². The summed E-state index contributed by atoms with van der Waals surface area (Å²) in [6, 6.07) is -1.14. The minimum atomic E-state index is -2.35. The highest BCUT2D eigenvalue weighted by Gasteiger charge is 2.51. The van der Waals surface area contributed by atoms with Crippen LogP contribution in [0.5, 0.6) is 0 Å². The largest absolute Gasteiger partial charge is 0.481 e. The topological polar surface area (TPSA) is 320 Å². The number of rotatable bonds is 3. The third-order valence-corrected chi connectivity index (χ3v) is 12.2. The van der Waals surface area contributed by atoms with Crippen LogP contribution in [-0.4, -0.2) is 166 Å². The smallest absolute Gasteiger partial charge is 0.311 e. The number of aliphatic hydroxyl groups excluding tert-OH is 9. The summed E-state index contributed by atoms with van der Waals surface area (Å²) in [4.78, 5) is 25.1. The van der Waals surface area contributed by atoms with Crippen LogP contribution in [0, 0.1) is 17.8 Å². The lowest BCUT2D eigenvalue weighted by Crippen LogP contribution is -2.61. The lowest BCUT2D eigenvalue weighted by atomic mass is 9.82. The van der Waals surface area contributed by atoms with Crippen molar-refractivity contribution in [2.75, 3.05) is 0 Å². The number of hydrogen-bond donors (Lipinski definition) is 12. The molecule has 3 aliphatic rings. The fourth-order valence-corrected chi connectivity index (χ4v) is 8.11. The van der Waals surface area contributed by atoms with Crippen LogP contribution in [-0.2, 0) is 28.5 Å². The second-order valence-corrected chi connectivity index (χ2v) is 17.8. The Morgan fingerprint density at radius 3 is 1.94 bits per heavy atom. The third-order valence-electron chi connectivity index (χ3n) is 12.2. The molecule has 2 saturated heterocycles. The van der Waals surface area contributed by atoms with Crippen LogP contribution in [0.25, 0.3) is 0 Å². The normalized spacial score (nSPS) is 45.2. The number of esters is 1. The maximum Gasteiger partial charge on any atom is 0.311 e. The monoisotopic (exact) mass is 926 g/mol. The van der Waals surface area contributed by atoms with Crippen LogP contribution in [0.1, 0.15) is 91.9 Å². The summed E-state index contributed by atoms with van der Waals surface area (Å²) in [5.74, 6) is -6.82. The Morgan fingerprint density at radius 1 is 0.692 bits per heavy atom. The first kappa shape index (κ1) is 56.1. The van der Waals surface area contributed by atoms with Crippen molar-refractivity contribution in [3.8, 4) is 0 Å². The number of aliphatic hydroxyl groups is 10. The average Bonchev–Trinajstić information content (AvgIpc) is 3.21. The number of cyclic esters (lactones) is 1. The first-order valence-electron chi connectivity index (χ1n) is 22.6. The first-order valence-corrected chi connectivity index (χ1v) is 22.6. The number of carbonyl (C=O) groups is 2. The number of carbonyl (C=O) groups excluding carboxylic acids is 1. The molecule has 0 radical (unpaired) electrons. The van der Waals surface area contributed by atoms with Gasteiger partial charge in [0.1, 0.15) is 18.1 Å². The molecule has 0 aliphatic carbocycles. The van der Waals surface area contributed by atoms with Gasteiger partial charge in [0.15, 0.2) is 12.1 Å². The minimum Gasteiger partial charge on any atom is -0.481 e. The SMILES string of the molecule is C[C@@H]1[C@@H](O)[C@@H](C)/C=C/C=C/CC/C=C/C=C/C=C/C=C/C(O[C@@H]2O[C@H](C)[C@@H](O)[C@H](N)[C@@H]2O)CC2O[C@](O)(CC(O)C(O)CCC(O)CC(O)CC(O)CC(=O)O[C@H]1C)CC(O)C2C(=O)O. The number of carboxylic acids is 1. The van der Waals surface area contributed by atoms with Gasteiger partial charge in [-0.3, -0.25) is 9.59 Å². The first-order chi connectivity index (χ1) is 30.6. The second-order valence-electron chi connectivity index (χ2n) is 17.8. The number of nitrogens with two attached hydrogens (primary N) is 1. The van der Waals surface area contributed by atoms with Crippen molar-refractivity contribution in [2.24, 2.45) is 23.5 Å². The maximum atomic E-state index is 12.6. The molecule has 13 N–H and O–H groups in total. The van der Waals surface area contributed by atoms with Crippen LogP contribution in [0.3, 0.4) is 0 Å². The molecule has 3 aliphatic heterocycles. The zero-order valence-corrected chi connectivity index (χ0v) is 37.8. The van der Waals surface area contributed by atoms with Crippen molar-refractivity contribution in [3.05, 3.63) is 72.9 Å². The van der Waals surface area contributed by atoms with E-state index >= 15 is 0 Å². The molecule has 18 heteroatoms. The maximum absolute atomic E-state index is 12.6. The Balaban J connectivity index is 1.84. The van der Waals surface area contributed by atoms with Crippen molar-refractivity contribution < 1.29 is 84.7 Å². The summed E-state index contributed by atoms with van der Waals surface area (Å²) in [6.07, 6.45) is 2.28. The summed E-state index contributed by atoms with van der Waals surface area (Å²) in [6.45, 7) is 6.78. The van der Waals surface area contributed by atoms with E-state index in [-0.39, 0.29) is 38.0 Å². The Morgan fingerprint density at radius 2 is 1.28 bits per heavy atom. The predicted molar refractivity (Wildman–Crippen MR) is 237 cm³/mol. The average molecular weight is 926 g/mol. The van der Waals surface area contributed by atoms with E-state index in [1.165, 1.54) is 13.0 Å². The second kappa shape index (κ2) is 27.6. The molecule has 0 aromatic heterocycles. The fraction of sp³-hybridized carbons (Fsp3) is 0.702. The Labute approximate surface area is 381 Å². The molecular formula is C47H75NO17. The Kier molecular flexibility index (Phi) is 23.8. The van der Waals surface area contributed by atoms with Gasteiger partial charge in [-0.15, -0.1) is 0 Å². The molecule has 9 unspecified atom stereocenters. The highest BCUT2D eigenvalue weighted by molar-refractivity contribution is 5.71. The van der Waals surface area contributed by atoms with Crippen molar-refractivity contribution in [1.82, 2.24) is 0 Å². The summed E-state index contributed by atoms with van der Waals surface area (Å²) in [7, 11) is 0. The van der Waals surface area contributed by atoms with Crippen molar-refractivity contribution in [1.29, 1.82) is 0 Å². The standard InChI is InChI=1S/C47H75NO17/c1-27-17-15-13-11-9-7-5-6-8-10-12-14-16-18-34(64-46-44(58)41(48)43(57)30(4)63-46)24-38-40(45(59)60)37(54)26-47(61,65-38)25-36(53)35(52)20-19-31(49)21-32(50)22-33(51)23-39(55)62-29(3)28(2)42(27)56/h5-6,8,10-18,27-38,40-44,46,49-54,56-58,61H,7,9,19-26,48H2,1-4H3,(H,59,60)/b6-5+,10-8+,13-11+,14-12+,17-15+,18-16+/t27-,28-,29-,30+,31?,32?,33?,34?,35?,36?,37?,38?,40?,41-,42-,43+,44-,46-,47+/m0/s1. The summed E-state index contributed by atoms with van der Waals surface area (Å²) >= 11 is 0. The molecule has 0 amide bonds. The fourth-order valence-electron chi connectivity index (χ4n) is 8.11. The van der Waals surface area contributed by atoms with Crippen LogP contribution in [0.4, 0.5) is 0 Å². The van der Waals surface area contributed by atoms with E-state index < -0.39 is 141 Å². The molecule has 0 saturated carbocycles. The number of aliphatic carboxylic acids is 1. The molecule has 0 aromatic rings. The number of ether oxygens (including phenoxy) is 4. The van der Waals surface area contributed by atoms with E-state index in [1.54, 1.807) is 38.2 Å². The molecule has 2 bridgehead atoms. The van der Waals surface area contributed by atoms with Gasteiger partial charge in [-0.25, -0.2) is 0 Å². The van der Waals surface area contributed by atoms with Gasteiger partial charge < -0.3 is 80.9 Å². The minimum absolute atomic E-state index is 0.138. The van der Waals surface area contributed by atoms with Gasteiger partial charge in [0.05, 0.1) is 79.6 Å². The molecular weight excluding hydrogens is 851 g/mol. The van der Waals surface area contributed by atoms with Gasteiger partial charge in [0.2, 0.25) is 0 Å². The summed E-state index contributed by atoms with van der Waals surface area (Å²) < 4.78 is 23.2. The molecule has 65 heavy (non-hydrogen) atoms. The summed E-state index contributed by atoms with van der Waals surface area (Å²) in [5, 5.41) is 118. The molecule has 18 nitrogen and oxygen atoms in total. The van der Waals surface area contributed by atoms with Crippen molar-refractivity contribution in [2.45, 2.75) is 189 Å². The van der Waals surface area contributed by atoms with Gasteiger partial charge in [-0.1, -0.05) is 86.8 Å². The molecule has 2 fully saturated rings. The molecule has 370 valence electrons. The van der Waals surface area contributed by atoms with Crippen LogP contribution < -0.4 is 5.73 Å². The summed E-state index contributed by atoms with van der Waals surface area (Å²) in [5.41, 5.74) is 6.02. The van der Waals surface area contributed by atoms with E-state index in [0.717, 1.165) is 12.8 Å². The highest BCUT2D eigenvalue weighted by Crippen LogP contribution is 2.38. The van der Waals surface area contributed by atoms with Gasteiger partial charge in [-0.05, 0) is 52.4 Å². The van der Waals surface area contributed by atoms with E-state index in [4.69, 9.17) is 24.7 Å². The quantitative estimate of drug-likeness (QED) is 0.175. The van der Waals surface area contributed by atoms with Crippen LogP contribution in [0.15, 0.2) is 72.9 Å². The zero-order valence-electron chi connectivity index (χ0n) is 37.8. The number of hydrogen-bond acceptors (Lipinski definition) is 17. The van der Waals surface area contributed by atoms with Crippen LogP contribution in [0.2, 0.25) is 0 Å². The van der Waals surface area contributed by atoms with Gasteiger partial charge in [-0.2, -0.15) is 0 Å². The lowest BCUT2D eigenvalue weighted by molar-refractivity contribution is -0.310. The van der Waals surface area contributed by atoms with E-state index in [0.29, 0.717) is 0 Å².